The molecule has 1 atom stereocenters. The number of amides is 3. The van der Waals surface area contributed by atoms with Crippen molar-refractivity contribution in [1.82, 2.24) is 10.2 Å². The van der Waals surface area contributed by atoms with Gasteiger partial charge in [0.1, 0.15) is 6.54 Å². The van der Waals surface area contributed by atoms with Gasteiger partial charge in [0.05, 0.1) is 16.4 Å². The second kappa shape index (κ2) is 6.69. The van der Waals surface area contributed by atoms with Crippen molar-refractivity contribution in [1.29, 1.82) is 0 Å². The fraction of sp³-hybridized carbons (Fsp3) is 0.357. The maximum absolute atomic E-state index is 12.3. The van der Waals surface area contributed by atoms with E-state index in [1.165, 1.54) is 11.3 Å². The standard InChI is InChI=1S/C14H14N2O5S3/c17-12(15-9-3-5-24(20,21)8-9)7-16-13(18)11(23-14(16)19)6-10-2-1-4-22-10/h1-2,4,6,9H,3,5,7-8H2,(H,15,17)/b11-6-/t9-/m0/s1. The lowest BCUT2D eigenvalue weighted by Gasteiger charge is -2.15. The van der Waals surface area contributed by atoms with E-state index in [1.807, 2.05) is 17.5 Å². The van der Waals surface area contributed by atoms with Crippen LogP contribution < -0.4 is 5.32 Å². The van der Waals surface area contributed by atoms with Crippen LogP contribution in [0, 0.1) is 0 Å². The molecule has 3 rings (SSSR count). The van der Waals surface area contributed by atoms with E-state index >= 15 is 0 Å². The summed E-state index contributed by atoms with van der Waals surface area (Å²) >= 11 is 2.24. The van der Waals surface area contributed by atoms with Gasteiger partial charge >= 0.3 is 0 Å². The summed E-state index contributed by atoms with van der Waals surface area (Å²) in [6.45, 7) is -0.400. The molecule has 0 saturated carbocycles. The van der Waals surface area contributed by atoms with E-state index in [0.29, 0.717) is 6.42 Å². The number of sulfone groups is 1. The minimum atomic E-state index is -3.10. The van der Waals surface area contributed by atoms with Gasteiger partial charge in [0.15, 0.2) is 9.84 Å². The van der Waals surface area contributed by atoms with Crippen LogP contribution in [0.25, 0.3) is 6.08 Å². The summed E-state index contributed by atoms with van der Waals surface area (Å²) in [5.74, 6) is -1.09. The lowest BCUT2D eigenvalue weighted by atomic mass is 10.2. The first-order chi connectivity index (χ1) is 11.3. The van der Waals surface area contributed by atoms with Gasteiger partial charge in [0.2, 0.25) is 5.91 Å². The Kier molecular flexibility index (Phi) is 4.79. The molecule has 0 bridgehead atoms. The van der Waals surface area contributed by atoms with Crippen LogP contribution in [0.3, 0.4) is 0 Å². The second-order valence-electron chi connectivity index (χ2n) is 5.45. The average molecular weight is 386 g/mol. The molecule has 0 unspecified atom stereocenters. The van der Waals surface area contributed by atoms with Crippen molar-refractivity contribution in [2.75, 3.05) is 18.1 Å². The zero-order valence-electron chi connectivity index (χ0n) is 12.4. The smallest absolute Gasteiger partial charge is 0.294 e. The number of thiophene rings is 1. The number of carbonyl (C=O) groups is 3. The van der Waals surface area contributed by atoms with Gasteiger partial charge in [-0.15, -0.1) is 11.3 Å². The zero-order chi connectivity index (χ0) is 17.3. The van der Waals surface area contributed by atoms with Crippen LogP contribution in [-0.2, 0) is 19.4 Å². The molecule has 0 aliphatic carbocycles. The summed E-state index contributed by atoms with van der Waals surface area (Å²) in [5, 5.41) is 3.93. The number of hydrogen-bond acceptors (Lipinski definition) is 7. The Balaban J connectivity index is 1.62. The van der Waals surface area contributed by atoms with Crippen molar-refractivity contribution in [3.05, 3.63) is 27.3 Å². The fourth-order valence-electron chi connectivity index (χ4n) is 2.46. The lowest BCUT2D eigenvalue weighted by molar-refractivity contribution is -0.129. The summed E-state index contributed by atoms with van der Waals surface area (Å²) in [4.78, 5) is 38.2. The quantitative estimate of drug-likeness (QED) is 0.778. The van der Waals surface area contributed by atoms with Crippen LogP contribution in [0.5, 0.6) is 0 Å². The van der Waals surface area contributed by atoms with Crippen LogP contribution in [0.4, 0.5) is 4.79 Å². The molecule has 24 heavy (non-hydrogen) atoms. The second-order valence-corrected chi connectivity index (χ2v) is 9.65. The maximum Gasteiger partial charge on any atom is 0.294 e. The Morgan fingerprint density at radius 2 is 2.21 bits per heavy atom. The molecule has 3 heterocycles. The lowest BCUT2D eigenvalue weighted by Crippen LogP contribution is -2.43. The summed E-state index contributed by atoms with van der Waals surface area (Å²) in [7, 11) is -3.10. The number of thioether (sulfide) groups is 1. The van der Waals surface area contributed by atoms with E-state index < -0.39 is 39.5 Å². The molecule has 2 fully saturated rings. The molecule has 1 aromatic rings. The molecular weight excluding hydrogens is 372 g/mol. The number of imide groups is 1. The van der Waals surface area contributed by atoms with Crippen LogP contribution in [-0.4, -0.2) is 54.5 Å². The van der Waals surface area contributed by atoms with E-state index in [1.54, 1.807) is 6.08 Å². The predicted molar refractivity (Wildman–Crippen MR) is 92.2 cm³/mol. The predicted octanol–water partition coefficient (Wildman–Crippen LogP) is 1.09. The molecule has 2 aliphatic rings. The Labute approximate surface area is 147 Å². The van der Waals surface area contributed by atoms with E-state index in [2.05, 4.69) is 5.32 Å². The summed E-state index contributed by atoms with van der Waals surface area (Å²) < 4.78 is 22.8. The Bertz CT molecular complexity index is 813. The van der Waals surface area contributed by atoms with Crippen molar-refractivity contribution in [2.24, 2.45) is 0 Å². The molecular formula is C14H14N2O5S3. The normalized spacial score (nSPS) is 24.8. The monoisotopic (exact) mass is 386 g/mol. The van der Waals surface area contributed by atoms with Gasteiger partial charge in [-0.25, -0.2) is 8.42 Å². The van der Waals surface area contributed by atoms with Crippen LogP contribution in [0.1, 0.15) is 11.3 Å². The molecule has 128 valence electrons. The number of nitrogens with zero attached hydrogens (tertiary/aromatic N) is 1. The minimum Gasteiger partial charge on any atom is -0.351 e. The molecule has 2 saturated heterocycles. The first-order valence-electron chi connectivity index (χ1n) is 7.13. The van der Waals surface area contributed by atoms with Gasteiger partial charge in [-0.2, -0.15) is 0 Å². The van der Waals surface area contributed by atoms with E-state index in [9.17, 15) is 22.8 Å². The topological polar surface area (TPSA) is 101 Å². The number of hydrogen-bond donors (Lipinski definition) is 1. The summed E-state index contributed by atoms with van der Waals surface area (Å²) in [5.41, 5.74) is 0. The van der Waals surface area contributed by atoms with Crippen molar-refractivity contribution in [2.45, 2.75) is 12.5 Å². The third-order valence-corrected chi connectivity index (χ3v) is 7.08. The van der Waals surface area contributed by atoms with Crippen molar-refractivity contribution < 1.29 is 22.8 Å². The van der Waals surface area contributed by atoms with Crippen LogP contribution in [0.15, 0.2) is 22.4 Å². The van der Waals surface area contributed by atoms with E-state index in [4.69, 9.17) is 0 Å². The number of rotatable bonds is 4. The Morgan fingerprint density at radius 3 is 2.83 bits per heavy atom. The summed E-state index contributed by atoms with van der Waals surface area (Å²) in [6, 6.07) is 3.21. The fourth-order valence-corrected chi connectivity index (χ4v) is 5.70. The molecule has 2 aliphatic heterocycles. The summed E-state index contributed by atoms with van der Waals surface area (Å²) in [6.07, 6.45) is 1.98. The molecule has 0 spiro atoms. The van der Waals surface area contributed by atoms with Gasteiger partial charge in [-0.3, -0.25) is 19.3 Å². The van der Waals surface area contributed by atoms with Gasteiger partial charge in [-0.05, 0) is 35.7 Å². The third-order valence-electron chi connectivity index (χ3n) is 3.59. The van der Waals surface area contributed by atoms with Gasteiger partial charge in [-0.1, -0.05) is 6.07 Å². The molecule has 3 amide bonds. The highest BCUT2D eigenvalue weighted by Crippen LogP contribution is 2.32. The first kappa shape index (κ1) is 17.2. The van der Waals surface area contributed by atoms with Crippen LogP contribution in [0.2, 0.25) is 0 Å². The van der Waals surface area contributed by atoms with Gasteiger partial charge in [0.25, 0.3) is 11.1 Å². The van der Waals surface area contributed by atoms with E-state index in [-0.39, 0.29) is 16.4 Å². The van der Waals surface area contributed by atoms with Crippen LogP contribution >= 0.6 is 23.1 Å². The largest absolute Gasteiger partial charge is 0.351 e. The zero-order valence-corrected chi connectivity index (χ0v) is 14.9. The number of carbonyl (C=O) groups excluding carboxylic acids is 3. The average Bonchev–Trinajstić information content (AvgIpc) is 3.17. The molecule has 1 aromatic heterocycles. The highest BCUT2D eigenvalue weighted by molar-refractivity contribution is 8.18. The SMILES string of the molecule is O=C(CN1C(=O)S/C(=C\c2cccs2)C1=O)N[C@H]1CCS(=O)(=O)C1. The third kappa shape index (κ3) is 3.87. The van der Waals surface area contributed by atoms with Crippen molar-refractivity contribution in [3.8, 4) is 0 Å². The highest BCUT2D eigenvalue weighted by atomic mass is 32.2. The molecule has 1 N–H and O–H groups in total. The molecule has 0 aromatic carbocycles. The van der Waals surface area contributed by atoms with E-state index in [0.717, 1.165) is 21.5 Å². The van der Waals surface area contributed by atoms with Gasteiger partial charge < -0.3 is 5.32 Å². The van der Waals surface area contributed by atoms with Gasteiger partial charge in [0, 0.05) is 10.9 Å². The molecule has 10 heteroatoms. The molecule has 7 nitrogen and oxygen atoms in total. The van der Waals surface area contributed by atoms with Crippen molar-refractivity contribution >= 4 is 56.1 Å². The molecule has 0 radical (unpaired) electrons. The first-order valence-corrected chi connectivity index (χ1v) is 10.6. The highest BCUT2D eigenvalue weighted by Gasteiger charge is 2.37. The Hall–Kier alpha value is -1.65. The maximum atomic E-state index is 12.3. The number of nitrogens with one attached hydrogen (secondary N) is 1. The Morgan fingerprint density at radius 1 is 1.42 bits per heavy atom. The van der Waals surface area contributed by atoms with Crippen molar-refractivity contribution in [3.63, 3.8) is 0 Å². The minimum absolute atomic E-state index is 0.0447.